The molecule has 0 heterocycles. The second kappa shape index (κ2) is 8.29. The molecule has 0 bridgehead atoms. The fourth-order valence-corrected chi connectivity index (χ4v) is 2.60. The smallest absolute Gasteiger partial charge is 0.385 e. The van der Waals surface area contributed by atoms with Crippen LogP contribution in [0.25, 0.3) is 0 Å². The zero-order chi connectivity index (χ0) is 28.3. The number of nitrogens with zero attached hydrogens (tertiary/aromatic N) is 1. The van der Waals surface area contributed by atoms with Gasteiger partial charge < -0.3 is 5.11 Å². The number of aliphatic hydroxyl groups is 1. The summed E-state index contributed by atoms with van der Waals surface area (Å²) in [5, 5.41) is 20.6. The average Bonchev–Trinajstić information content (AvgIpc) is 2.65. The number of alkyl halides is 15. The van der Waals surface area contributed by atoms with Crippen molar-refractivity contribution >= 4 is 5.69 Å². The van der Waals surface area contributed by atoms with Gasteiger partial charge in [-0.15, -0.1) is 0 Å². The molecule has 1 aromatic carbocycles. The Balaban J connectivity index is 3.56. The van der Waals surface area contributed by atoms with Gasteiger partial charge in [-0.2, -0.15) is 65.9 Å². The summed E-state index contributed by atoms with van der Waals surface area (Å²) in [7, 11) is 0. The number of nitro benzene ring substituents is 1. The summed E-state index contributed by atoms with van der Waals surface area (Å²) in [6, 6.07) is 2.12. The van der Waals surface area contributed by atoms with Crippen LogP contribution in [0.4, 0.5) is 71.5 Å². The van der Waals surface area contributed by atoms with Gasteiger partial charge in [0.25, 0.3) is 5.69 Å². The van der Waals surface area contributed by atoms with Crippen LogP contribution in [0, 0.1) is 10.1 Å². The van der Waals surface area contributed by atoms with E-state index in [1.165, 1.54) is 0 Å². The maximum atomic E-state index is 14.1. The third-order valence-corrected chi connectivity index (χ3v) is 4.64. The van der Waals surface area contributed by atoms with Gasteiger partial charge in [0.1, 0.15) is 0 Å². The molecule has 1 unspecified atom stereocenters. The first kappa shape index (κ1) is 30.6. The lowest BCUT2D eigenvalue weighted by molar-refractivity contribution is -0.453. The first-order valence-electron chi connectivity index (χ1n) is 8.43. The van der Waals surface area contributed by atoms with E-state index in [1.807, 2.05) is 0 Å². The fourth-order valence-electron chi connectivity index (χ4n) is 2.60. The summed E-state index contributed by atoms with van der Waals surface area (Å²) in [6.45, 7) is 0.124. The highest BCUT2D eigenvalue weighted by molar-refractivity contribution is 5.37. The van der Waals surface area contributed by atoms with Crippen molar-refractivity contribution in [1.82, 2.24) is 0 Å². The van der Waals surface area contributed by atoms with E-state index < -0.39 is 69.9 Å². The van der Waals surface area contributed by atoms with E-state index in [-0.39, 0.29) is 13.0 Å². The predicted molar refractivity (Wildman–Crippen MR) is 83.0 cm³/mol. The molecule has 0 amide bonds. The summed E-state index contributed by atoms with van der Waals surface area (Å²) in [4.78, 5) is 9.47. The van der Waals surface area contributed by atoms with Crippen LogP contribution in [-0.2, 0) is 5.60 Å². The molecule has 0 aliphatic heterocycles. The van der Waals surface area contributed by atoms with Crippen LogP contribution >= 0.6 is 0 Å². The molecule has 0 aliphatic carbocycles. The second-order valence-electron chi connectivity index (χ2n) is 7.33. The summed E-state index contributed by atoms with van der Waals surface area (Å²) in [6.07, 6.45) is -10.8. The van der Waals surface area contributed by atoms with E-state index in [2.05, 4.69) is 0 Å². The van der Waals surface area contributed by atoms with Gasteiger partial charge in [0, 0.05) is 12.1 Å². The van der Waals surface area contributed by atoms with Gasteiger partial charge in [-0.1, -0.05) is 12.1 Å². The number of rotatable bonds is 9. The Morgan fingerprint density at radius 2 is 1.14 bits per heavy atom. The highest BCUT2D eigenvalue weighted by Crippen LogP contribution is 2.63. The average molecular weight is 549 g/mol. The minimum Gasteiger partial charge on any atom is -0.385 e. The first-order chi connectivity index (χ1) is 15.1. The van der Waals surface area contributed by atoms with E-state index in [0.29, 0.717) is 18.2 Å². The maximum absolute atomic E-state index is 14.1. The van der Waals surface area contributed by atoms with Gasteiger partial charge in [0.15, 0.2) is 0 Å². The predicted octanol–water partition coefficient (Wildman–Crippen LogP) is 6.57. The van der Waals surface area contributed by atoms with Crippen molar-refractivity contribution in [2.24, 2.45) is 0 Å². The molecule has 0 aliphatic rings. The summed E-state index contributed by atoms with van der Waals surface area (Å²) in [5.41, 5.74) is -5.59. The zero-order valence-corrected chi connectivity index (χ0v) is 16.4. The Bertz CT molecular complexity index is 956. The fraction of sp³-hybridized carbons (Fsp3) is 0.625. The van der Waals surface area contributed by atoms with Gasteiger partial charge >= 0.3 is 41.7 Å². The van der Waals surface area contributed by atoms with E-state index in [1.54, 1.807) is 0 Å². The zero-order valence-electron chi connectivity index (χ0n) is 16.4. The van der Waals surface area contributed by atoms with Crippen LogP contribution in [-0.4, -0.2) is 51.7 Å². The highest BCUT2D eigenvalue weighted by Gasteiger charge is 2.93. The van der Waals surface area contributed by atoms with Crippen LogP contribution in [0.3, 0.4) is 0 Å². The molecule has 19 heteroatoms. The molecular formula is C16H10F15NO3. The van der Waals surface area contributed by atoms with Crippen molar-refractivity contribution in [2.75, 3.05) is 0 Å². The van der Waals surface area contributed by atoms with Gasteiger partial charge in [0.2, 0.25) is 0 Å². The van der Waals surface area contributed by atoms with Gasteiger partial charge in [-0.25, -0.2) is 0 Å². The Morgan fingerprint density at radius 3 is 1.54 bits per heavy atom. The van der Waals surface area contributed by atoms with Crippen molar-refractivity contribution in [3.63, 3.8) is 0 Å². The molecule has 202 valence electrons. The van der Waals surface area contributed by atoms with Crippen LogP contribution in [0.15, 0.2) is 24.3 Å². The van der Waals surface area contributed by atoms with Crippen molar-refractivity contribution < 1.29 is 75.9 Å². The monoisotopic (exact) mass is 549 g/mol. The van der Waals surface area contributed by atoms with Crippen LogP contribution in [0.2, 0.25) is 0 Å². The van der Waals surface area contributed by atoms with Crippen molar-refractivity contribution in [3.05, 3.63) is 39.9 Å². The van der Waals surface area contributed by atoms with E-state index in [4.69, 9.17) is 0 Å². The topological polar surface area (TPSA) is 63.4 Å². The van der Waals surface area contributed by atoms with Crippen LogP contribution in [0.5, 0.6) is 0 Å². The van der Waals surface area contributed by atoms with E-state index in [9.17, 15) is 81.1 Å². The number of halogens is 15. The normalized spacial score (nSPS) is 16.7. The molecule has 0 spiro atoms. The lowest BCUT2D eigenvalue weighted by atomic mass is 9.83. The van der Waals surface area contributed by atoms with E-state index >= 15 is 0 Å². The Kier molecular flexibility index (Phi) is 7.24. The quantitative estimate of drug-likeness (QED) is 0.216. The van der Waals surface area contributed by atoms with Crippen LogP contribution < -0.4 is 0 Å². The van der Waals surface area contributed by atoms with Crippen LogP contribution in [0.1, 0.15) is 18.9 Å². The minimum atomic E-state index is -8.44. The number of benzene rings is 1. The molecule has 0 aromatic heterocycles. The molecule has 35 heavy (non-hydrogen) atoms. The number of hydrogen-bond acceptors (Lipinski definition) is 3. The molecule has 0 fully saturated rings. The largest absolute Gasteiger partial charge is 0.460 e. The minimum absolute atomic E-state index is 0.124. The highest BCUT2D eigenvalue weighted by atomic mass is 19.4. The molecule has 1 aromatic rings. The summed E-state index contributed by atoms with van der Waals surface area (Å²) in [5.74, 6) is -47.7. The Hall–Kier alpha value is -2.47. The number of hydrogen-bond donors (Lipinski definition) is 1. The lowest BCUT2D eigenvalue weighted by Crippen LogP contribution is -2.72. The van der Waals surface area contributed by atoms with Crippen molar-refractivity contribution in [2.45, 2.75) is 60.7 Å². The third kappa shape index (κ3) is 4.57. The molecule has 0 saturated heterocycles. The van der Waals surface area contributed by atoms with E-state index in [0.717, 1.165) is 0 Å². The molecule has 4 nitrogen and oxygen atoms in total. The number of non-ortho nitro benzene ring substituents is 1. The van der Waals surface area contributed by atoms with Gasteiger partial charge in [0.05, 0.1) is 16.9 Å². The number of nitro groups is 1. The molecule has 0 saturated carbocycles. The molecule has 1 rings (SSSR count). The maximum Gasteiger partial charge on any atom is 0.460 e. The Labute approximate surface area is 183 Å². The Morgan fingerprint density at radius 1 is 0.743 bits per heavy atom. The molecule has 0 radical (unpaired) electrons. The standard InChI is InChI=1S/C16H10F15NO3/c1-9(33,7-3-2-4-8(5-7)32(34)35)6-10(17,18)11(19,20)12(21,22)13(23,24)14(25,26)15(27,28)16(29,30)31/h2-5,33H,6H2,1H3. The van der Waals surface area contributed by atoms with Gasteiger partial charge in [-0.05, 0) is 12.5 Å². The summed E-state index contributed by atoms with van der Waals surface area (Å²) >= 11 is 0. The third-order valence-electron chi connectivity index (χ3n) is 4.64. The summed E-state index contributed by atoms with van der Waals surface area (Å²) < 4.78 is 199. The molecule has 1 atom stereocenters. The van der Waals surface area contributed by atoms with Gasteiger partial charge in [-0.3, -0.25) is 10.1 Å². The first-order valence-corrected chi connectivity index (χ1v) is 8.43. The molecule has 1 N–H and O–H groups in total. The van der Waals surface area contributed by atoms with Crippen molar-refractivity contribution in [3.8, 4) is 0 Å². The lowest BCUT2D eigenvalue weighted by Gasteiger charge is -2.42. The SMILES string of the molecule is CC(O)(CC(F)(F)C(F)(F)C(F)(F)C(F)(F)C(F)(F)C(F)(F)C(F)(F)F)c1cccc([N+](=O)[O-])c1. The second-order valence-corrected chi connectivity index (χ2v) is 7.33. The molecular weight excluding hydrogens is 539 g/mol. The van der Waals surface area contributed by atoms with Crippen molar-refractivity contribution in [1.29, 1.82) is 0 Å².